The molecule has 0 spiro atoms. The Hall–Kier alpha value is -4.04. The molecular formula is C25H20ClFN4O3. The first-order chi connectivity index (χ1) is 16.3. The first kappa shape index (κ1) is 23.1. The van der Waals surface area contributed by atoms with Gasteiger partial charge < -0.3 is 4.90 Å². The second-order valence-electron chi connectivity index (χ2n) is 7.69. The molecule has 0 radical (unpaired) electrons. The van der Waals surface area contributed by atoms with Crippen LogP contribution < -0.4 is 11.2 Å². The molecule has 1 aromatic heterocycles. The highest BCUT2D eigenvalue weighted by atomic mass is 35.5. The van der Waals surface area contributed by atoms with Gasteiger partial charge in [-0.3, -0.25) is 14.2 Å². The second kappa shape index (κ2) is 9.84. The first-order valence-electron chi connectivity index (χ1n) is 10.4. The smallest absolute Gasteiger partial charge is 0.336 e. The fourth-order valence-corrected chi connectivity index (χ4v) is 3.68. The van der Waals surface area contributed by atoms with Crippen LogP contribution >= 0.6 is 11.6 Å². The third kappa shape index (κ3) is 4.97. The van der Waals surface area contributed by atoms with E-state index in [0.717, 1.165) is 14.8 Å². The Kier molecular flexibility index (Phi) is 6.70. The third-order valence-corrected chi connectivity index (χ3v) is 5.41. The number of halogens is 2. The fourth-order valence-electron chi connectivity index (χ4n) is 3.47. The number of carbonyl (C=O) groups is 1. The summed E-state index contributed by atoms with van der Waals surface area (Å²) in [6.07, 6.45) is 0. The van der Waals surface area contributed by atoms with E-state index in [1.54, 1.807) is 31.3 Å². The minimum absolute atomic E-state index is 0.120. The largest absolute Gasteiger partial charge is 0.352 e. The maximum absolute atomic E-state index is 13.5. The van der Waals surface area contributed by atoms with Gasteiger partial charge in [0.05, 0.1) is 12.2 Å². The van der Waals surface area contributed by atoms with Crippen molar-refractivity contribution in [2.75, 3.05) is 7.05 Å². The molecule has 0 saturated heterocycles. The normalized spacial score (nSPS) is 10.8. The zero-order valence-electron chi connectivity index (χ0n) is 18.2. The fraction of sp³-hybridized carbons (Fsp3) is 0.120. The molecule has 9 heteroatoms. The lowest BCUT2D eigenvalue weighted by Gasteiger charge is -2.18. The molecule has 0 fully saturated rings. The molecule has 34 heavy (non-hydrogen) atoms. The van der Waals surface area contributed by atoms with Crippen LogP contribution in [0.25, 0.3) is 5.69 Å². The molecule has 1 amide bonds. The third-order valence-electron chi connectivity index (χ3n) is 5.17. The molecule has 0 atom stereocenters. The van der Waals surface area contributed by atoms with Gasteiger partial charge in [0, 0.05) is 18.6 Å². The van der Waals surface area contributed by atoms with Crippen LogP contribution in [0.5, 0.6) is 0 Å². The van der Waals surface area contributed by atoms with E-state index in [-0.39, 0.29) is 18.8 Å². The average molecular weight is 479 g/mol. The van der Waals surface area contributed by atoms with E-state index in [0.29, 0.717) is 10.6 Å². The predicted octanol–water partition coefficient (Wildman–Crippen LogP) is 3.51. The molecule has 0 unspecified atom stereocenters. The number of aromatic nitrogens is 3. The summed E-state index contributed by atoms with van der Waals surface area (Å²) in [6, 6.07) is 21.0. The SMILES string of the molecule is CN(Cc1ccccc1)C(=O)c1nn(-c2ccc(F)cc2)c(=O)n(Cc2cccc(Cl)c2)c1=O. The quantitative estimate of drug-likeness (QED) is 0.425. The zero-order valence-corrected chi connectivity index (χ0v) is 18.9. The van der Waals surface area contributed by atoms with E-state index < -0.39 is 28.7 Å². The first-order valence-corrected chi connectivity index (χ1v) is 10.8. The van der Waals surface area contributed by atoms with Crippen LogP contribution in [0.3, 0.4) is 0 Å². The Morgan fingerprint density at radius 2 is 1.65 bits per heavy atom. The van der Waals surface area contributed by atoms with Crippen LogP contribution in [0, 0.1) is 5.82 Å². The van der Waals surface area contributed by atoms with E-state index in [1.807, 2.05) is 30.3 Å². The highest BCUT2D eigenvalue weighted by Crippen LogP contribution is 2.12. The summed E-state index contributed by atoms with van der Waals surface area (Å²) >= 11 is 6.05. The molecule has 0 bridgehead atoms. The van der Waals surface area contributed by atoms with Crippen molar-refractivity contribution < 1.29 is 9.18 Å². The molecule has 0 saturated carbocycles. The Bertz CT molecular complexity index is 1450. The number of rotatable bonds is 6. The Morgan fingerprint density at radius 1 is 0.971 bits per heavy atom. The van der Waals surface area contributed by atoms with Crippen molar-refractivity contribution in [3.05, 3.63) is 127 Å². The van der Waals surface area contributed by atoms with Crippen molar-refractivity contribution in [2.24, 2.45) is 0 Å². The minimum atomic E-state index is -0.826. The molecule has 4 rings (SSSR count). The summed E-state index contributed by atoms with van der Waals surface area (Å²) in [5.41, 5.74) is -0.341. The number of hydrogen-bond donors (Lipinski definition) is 0. The summed E-state index contributed by atoms with van der Waals surface area (Å²) in [6.45, 7) is 0.120. The number of benzene rings is 3. The Morgan fingerprint density at radius 3 is 2.32 bits per heavy atom. The molecule has 7 nitrogen and oxygen atoms in total. The molecule has 172 valence electrons. The van der Waals surface area contributed by atoms with Crippen LogP contribution in [0.2, 0.25) is 5.02 Å². The van der Waals surface area contributed by atoms with E-state index in [2.05, 4.69) is 5.10 Å². The van der Waals surface area contributed by atoms with Gasteiger partial charge in [0.1, 0.15) is 5.82 Å². The highest BCUT2D eigenvalue weighted by molar-refractivity contribution is 6.30. The lowest BCUT2D eigenvalue weighted by Crippen LogP contribution is -2.46. The Labute approximate surface area is 199 Å². The van der Waals surface area contributed by atoms with E-state index in [4.69, 9.17) is 11.6 Å². The van der Waals surface area contributed by atoms with Crippen molar-refractivity contribution in [1.82, 2.24) is 19.2 Å². The van der Waals surface area contributed by atoms with Crippen molar-refractivity contribution in [1.29, 1.82) is 0 Å². The van der Waals surface area contributed by atoms with Gasteiger partial charge in [-0.1, -0.05) is 54.1 Å². The highest BCUT2D eigenvalue weighted by Gasteiger charge is 2.23. The van der Waals surface area contributed by atoms with Crippen LogP contribution in [-0.2, 0) is 13.1 Å². The Balaban J connectivity index is 1.82. The van der Waals surface area contributed by atoms with Crippen LogP contribution in [0.15, 0.2) is 88.5 Å². The van der Waals surface area contributed by atoms with Gasteiger partial charge in [0.25, 0.3) is 11.5 Å². The summed E-state index contributed by atoms with van der Waals surface area (Å²) in [5.74, 6) is -1.15. The average Bonchev–Trinajstić information content (AvgIpc) is 2.83. The van der Waals surface area contributed by atoms with Gasteiger partial charge in [0.15, 0.2) is 0 Å². The monoisotopic (exact) mass is 478 g/mol. The number of hydrogen-bond acceptors (Lipinski definition) is 4. The van der Waals surface area contributed by atoms with Gasteiger partial charge in [-0.05, 0) is 47.5 Å². The van der Waals surface area contributed by atoms with Crippen LogP contribution in [0.4, 0.5) is 4.39 Å². The van der Waals surface area contributed by atoms with Crippen molar-refractivity contribution in [3.63, 3.8) is 0 Å². The minimum Gasteiger partial charge on any atom is -0.336 e. The molecule has 0 aliphatic carbocycles. The van der Waals surface area contributed by atoms with Gasteiger partial charge in [-0.15, -0.1) is 0 Å². The standard InChI is InChI=1S/C25H20ClFN4O3/c1-29(15-17-6-3-2-4-7-17)23(32)22-24(33)30(16-18-8-5-9-19(26)14-18)25(34)31(28-22)21-12-10-20(27)11-13-21/h2-14H,15-16H2,1H3. The van der Waals surface area contributed by atoms with Gasteiger partial charge in [-0.2, -0.15) is 9.78 Å². The van der Waals surface area contributed by atoms with Crippen molar-refractivity contribution in [3.8, 4) is 5.69 Å². The van der Waals surface area contributed by atoms with Crippen molar-refractivity contribution in [2.45, 2.75) is 13.1 Å². The number of nitrogens with zero attached hydrogens (tertiary/aromatic N) is 4. The maximum Gasteiger partial charge on any atom is 0.352 e. The summed E-state index contributed by atoms with van der Waals surface area (Å²) in [5, 5.41) is 4.53. The second-order valence-corrected chi connectivity index (χ2v) is 8.12. The zero-order chi connectivity index (χ0) is 24.2. The van der Waals surface area contributed by atoms with Gasteiger partial charge in [0.2, 0.25) is 5.69 Å². The molecular weight excluding hydrogens is 459 g/mol. The number of amides is 1. The summed E-state index contributed by atoms with van der Waals surface area (Å²) in [7, 11) is 1.55. The summed E-state index contributed by atoms with van der Waals surface area (Å²) < 4.78 is 15.3. The topological polar surface area (TPSA) is 77.2 Å². The molecule has 1 heterocycles. The lowest BCUT2D eigenvalue weighted by atomic mass is 10.2. The lowest BCUT2D eigenvalue weighted by molar-refractivity contribution is 0.0773. The van der Waals surface area contributed by atoms with Gasteiger partial charge >= 0.3 is 5.69 Å². The molecule has 4 aromatic rings. The number of carbonyl (C=O) groups excluding carboxylic acids is 1. The van der Waals surface area contributed by atoms with E-state index in [1.165, 1.54) is 29.2 Å². The molecule has 0 N–H and O–H groups in total. The van der Waals surface area contributed by atoms with Gasteiger partial charge in [-0.25, -0.2) is 9.18 Å². The molecule has 3 aromatic carbocycles. The predicted molar refractivity (Wildman–Crippen MR) is 127 cm³/mol. The summed E-state index contributed by atoms with van der Waals surface area (Å²) in [4.78, 5) is 41.1. The molecule has 0 aliphatic rings. The van der Waals surface area contributed by atoms with Crippen molar-refractivity contribution >= 4 is 17.5 Å². The van der Waals surface area contributed by atoms with E-state index >= 15 is 0 Å². The molecule has 0 aliphatic heterocycles. The maximum atomic E-state index is 13.5. The van der Waals surface area contributed by atoms with E-state index in [9.17, 15) is 18.8 Å². The van der Waals surface area contributed by atoms with Crippen LogP contribution in [0.1, 0.15) is 21.6 Å². The van der Waals surface area contributed by atoms with Crippen LogP contribution in [-0.4, -0.2) is 32.2 Å².